The monoisotopic (exact) mass is 494 g/mol. The highest BCUT2D eigenvalue weighted by Crippen LogP contribution is 2.41. The van der Waals surface area contributed by atoms with Crippen molar-refractivity contribution in [1.29, 1.82) is 0 Å². The molecule has 0 aromatic heterocycles. The number of carbonyl (C=O) groups is 2. The van der Waals surface area contributed by atoms with E-state index >= 15 is 0 Å². The highest BCUT2D eigenvalue weighted by atomic mass is 16.6. The van der Waals surface area contributed by atoms with Gasteiger partial charge in [0.05, 0.1) is 31.4 Å². The fourth-order valence-electron chi connectivity index (χ4n) is 4.82. The van der Waals surface area contributed by atoms with Crippen molar-refractivity contribution in [2.75, 3.05) is 59.2 Å². The number of rotatable bonds is 7. The normalized spacial score (nSPS) is 21.6. The molecule has 190 valence electrons. The summed E-state index contributed by atoms with van der Waals surface area (Å²) < 4.78 is 22.3. The minimum Gasteiger partial charge on any atom is -0.507 e. The van der Waals surface area contributed by atoms with E-state index in [1.54, 1.807) is 23.1 Å². The molecule has 2 saturated heterocycles. The van der Waals surface area contributed by atoms with Crippen molar-refractivity contribution in [3.05, 3.63) is 59.2 Å². The molecule has 0 bridgehead atoms. The second-order valence-electron chi connectivity index (χ2n) is 8.81. The van der Waals surface area contributed by atoms with E-state index < -0.39 is 17.7 Å². The lowest BCUT2D eigenvalue weighted by atomic mass is 9.95. The molecule has 36 heavy (non-hydrogen) atoms. The van der Waals surface area contributed by atoms with E-state index in [0.717, 1.165) is 13.1 Å². The smallest absolute Gasteiger partial charge is 0.295 e. The summed E-state index contributed by atoms with van der Waals surface area (Å²) in [5, 5.41) is 11.4. The fraction of sp³-hybridized carbons (Fsp3) is 0.407. The molecular formula is C27H30N2O7. The number of hydrogen-bond donors (Lipinski definition) is 1. The summed E-state index contributed by atoms with van der Waals surface area (Å²) >= 11 is 0. The molecule has 1 amide bonds. The lowest BCUT2D eigenvalue weighted by Crippen LogP contribution is -2.42. The van der Waals surface area contributed by atoms with Gasteiger partial charge in [-0.1, -0.05) is 12.1 Å². The summed E-state index contributed by atoms with van der Waals surface area (Å²) in [6, 6.07) is 11.6. The van der Waals surface area contributed by atoms with Crippen LogP contribution in [0.5, 0.6) is 17.2 Å². The third-order valence-electron chi connectivity index (χ3n) is 6.60. The van der Waals surface area contributed by atoms with Gasteiger partial charge < -0.3 is 29.0 Å². The van der Waals surface area contributed by atoms with Crippen molar-refractivity contribution < 1.29 is 33.6 Å². The average molecular weight is 495 g/mol. The molecule has 2 fully saturated rings. The first-order valence-electron chi connectivity index (χ1n) is 12.3. The topological polar surface area (TPSA) is 97.8 Å². The van der Waals surface area contributed by atoms with Gasteiger partial charge in [-0.15, -0.1) is 0 Å². The Morgan fingerprint density at radius 1 is 1.00 bits per heavy atom. The molecule has 2 aromatic rings. The third kappa shape index (κ3) is 4.76. The predicted octanol–water partition coefficient (Wildman–Crippen LogP) is 2.61. The number of carbonyl (C=O) groups excluding carboxylic acids is 2. The number of fused-ring (bicyclic) bond motifs is 1. The highest BCUT2D eigenvalue weighted by Gasteiger charge is 2.46. The zero-order valence-electron chi connectivity index (χ0n) is 20.3. The quantitative estimate of drug-likeness (QED) is 0.357. The van der Waals surface area contributed by atoms with Crippen molar-refractivity contribution in [3.8, 4) is 17.2 Å². The first-order valence-corrected chi connectivity index (χ1v) is 12.3. The Labute approximate surface area is 209 Å². The Morgan fingerprint density at radius 2 is 1.78 bits per heavy atom. The van der Waals surface area contributed by atoms with E-state index in [2.05, 4.69) is 4.90 Å². The summed E-state index contributed by atoms with van der Waals surface area (Å²) in [5.41, 5.74) is 1.13. The number of amides is 1. The Bertz CT molecular complexity index is 1170. The van der Waals surface area contributed by atoms with Crippen LogP contribution in [0.15, 0.2) is 48.0 Å². The van der Waals surface area contributed by atoms with Crippen molar-refractivity contribution in [1.82, 2.24) is 9.80 Å². The lowest BCUT2D eigenvalue weighted by molar-refractivity contribution is -0.140. The van der Waals surface area contributed by atoms with Gasteiger partial charge >= 0.3 is 0 Å². The van der Waals surface area contributed by atoms with Crippen molar-refractivity contribution in [2.45, 2.75) is 13.0 Å². The number of aliphatic hydroxyl groups excluding tert-OH is 1. The molecule has 9 heteroatoms. The molecule has 0 saturated carbocycles. The van der Waals surface area contributed by atoms with Crippen LogP contribution in [0.4, 0.5) is 0 Å². The number of nitrogens with zero attached hydrogens (tertiary/aromatic N) is 2. The molecule has 3 aliphatic heterocycles. The van der Waals surface area contributed by atoms with Gasteiger partial charge in [-0.2, -0.15) is 0 Å². The van der Waals surface area contributed by atoms with Crippen LogP contribution >= 0.6 is 0 Å². The molecule has 3 heterocycles. The largest absolute Gasteiger partial charge is 0.507 e. The fourth-order valence-corrected chi connectivity index (χ4v) is 4.82. The molecule has 0 spiro atoms. The number of ether oxygens (including phenoxy) is 4. The van der Waals surface area contributed by atoms with E-state index in [1.807, 2.05) is 31.2 Å². The number of aliphatic hydroxyl groups is 1. The van der Waals surface area contributed by atoms with Crippen LogP contribution in [0, 0.1) is 0 Å². The zero-order valence-corrected chi connectivity index (χ0v) is 20.3. The van der Waals surface area contributed by atoms with Crippen molar-refractivity contribution in [2.24, 2.45) is 0 Å². The van der Waals surface area contributed by atoms with Crippen LogP contribution in [0.3, 0.4) is 0 Å². The summed E-state index contributed by atoms with van der Waals surface area (Å²) in [7, 11) is 0. The second-order valence-corrected chi connectivity index (χ2v) is 8.81. The molecule has 9 nitrogen and oxygen atoms in total. The molecule has 2 aromatic carbocycles. The molecule has 1 N–H and O–H groups in total. The van der Waals surface area contributed by atoms with E-state index in [-0.39, 0.29) is 11.3 Å². The number of likely N-dealkylation sites (tertiary alicyclic amines) is 1. The standard InChI is InChI=1S/C27H30N2O7/c1-2-34-20-5-3-4-18(16-20)24-23(25(30)19-6-7-21-22(17-19)36-15-14-35-21)26(31)27(32)29(24)9-8-28-10-12-33-13-11-28/h3-7,16-17,24,30H,2,8-15H2,1H3. The Balaban J connectivity index is 1.54. The Kier molecular flexibility index (Phi) is 7.11. The minimum absolute atomic E-state index is 0.0484. The number of Topliss-reactive ketones (excluding diaryl/α,β-unsaturated/α-hetero) is 1. The summed E-state index contributed by atoms with van der Waals surface area (Å²) in [6.07, 6.45) is 0. The number of benzene rings is 2. The molecular weight excluding hydrogens is 464 g/mol. The maximum atomic E-state index is 13.3. The van der Waals surface area contributed by atoms with Crippen LogP contribution < -0.4 is 14.2 Å². The van der Waals surface area contributed by atoms with Gasteiger partial charge in [-0.3, -0.25) is 14.5 Å². The van der Waals surface area contributed by atoms with Crippen LogP contribution in [0.2, 0.25) is 0 Å². The Hall–Kier alpha value is -3.56. The minimum atomic E-state index is -0.750. The van der Waals surface area contributed by atoms with Crippen molar-refractivity contribution >= 4 is 17.4 Å². The lowest BCUT2D eigenvalue weighted by Gasteiger charge is -2.31. The van der Waals surface area contributed by atoms with E-state index in [4.69, 9.17) is 18.9 Å². The summed E-state index contributed by atoms with van der Waals surface area (Å²) in [4.78, 5) is 30.4. The van der Waals surface area contributed by atoms with Crippen LogP contribution in [0.25, 0.3) is 5.76 Å². The van der Waals surface area contributed by atoms with Gasteiger partial charge in [-0.25, -0.2) is 0 Å². The van der Waals surface area contributed by atoms with Gasteiger partial charge in [-0.05, 0) is 42.8 Å². The predicted molar refractivity (Wildman–Crippen MR) is 131 cm³/mol. The van der Waals surface area contributed by atoms with Gasteiger partial charge in [0, 0.05) is 31.7 Å². The highest BCUT2D eigenvalue weighted by molar-refractivity contribution is 6.46. The van der Waals surface area contributed by atoms with Gasteiger partial charge in [0.15, 0.2) is 11.5 Å². The molecule has 0 aliphatic carbocycles. The molecule has 3 aliphatic rings. The second kappa shape index (κ2) is 10.6. The first-order chi connectivity index (χ1) is 17.6. The number of morpholine rings is 1. The number of ketones is 1. The SMILES string of the molecule is CCOc1cccc(C2C(=C(O)c3ccc4c(c3)OCCO4)C(=O)C(=O)N2CCN2CCOCC2)c1. The molecule has 1 unspecified atom stereocenters. The third-order valence-corrected chi connectivity index (χ3v) is 6.60. The zero-order chi connectivity index (χ0) is 25.1. The molecule has 0 radical (unpaired) electrons. The first kappa shape index (κ1) is 24.1. The summed E-state index contributed by atoms with van der Waals surface area (Å²) in [6.45, 7) is 6.98. The van der Waals surface area contributed by atoms with Crippen LogP contribution in [-0.4, -0.2) is 85.8 Å². The van der Waals surface area contributed by atoms with E-state index in [0.29, 0.717) is 74.5 Å². The summed E-state index contributed by atoms with van der Waals surface area (Å²) in [5.74, 6) is 0.107. The molecule has 5 rings (SSSR count). The molecule has 1 atom stereocenters. The van der Waals surface area contributed by atoms with E-state index in [1.165, 1.54) is 0 Å². The van der Waals surface area contributed by atoms with Gasteiger partial charge in [0.1, 0.15) is 24.7 Å². The number of hydrogen-bond acceptors (Lipinski definition) is 8. The van der Waals surface area contributed by atoms with Crippen LogP contribution in [-0.2, 0) is 14.3 Å². The van der Waals surface area contributed by atoms with Crippen LogP contribution in [0.1, 0.15) is 24.1 Å². The van der Waals surface area contributed by atoms with Gasteiger partial charge in [0.25, 0.3) is 11.7 Å². The average Bonchev–Trinajstić information content (AvgIpc) is 3.17. The maximum Gasteiger partial charge on any atom is 0.295 e. The van der Waals surface area contributed by atoms with Crippen molar-refractivity contribution in [3.63, 3.8) is 0 Å². The Morgan fingerprint density at radius 3 is 2.56 bits per heavy atom. The maximum absolute atomic E-state index is 13.3. The van der Waals surface area contributed by atoms with E-state index in [9.17, 15) is 14.7 Å². The van der Waals surface area contributed by atoms with Gasteiger partial charge in [0.2, 0.25) is 0 Å².